The topological polar surface area (TPSA) is 49.4 Å². The number of aryl methyl sites for hydroxylation is 3. The van der Waals surface area contributed by atoms with Gasteiger partial charge in [-0.3, -0.25) is 9.59 Å². The van der Waals surface area contributed by atoms with E-state index in [9.17, 15) is 9.59 Å². The van der Waals surface area contributed by atoms with Gasteiger partial charge in [0.1, 0.15) is 5.70 Å². The molecular formula is C25H22N2O2. The molecule has 0 spiro atoms. The van der Waals surface area contributed by atoms with Crippen molar-refractivity contribution in [2.45, 2.75) is 20.8 Å². The van der Waals surface area contributed by atoms with Crippen LogP contribution in [0.25, 0.3) is 5.57 Å². The van der Waals surface area contributed by atoms with Crippen molar-refractivity contribution in [1.29, 1.82) is 0 Å². The maximum atomic E-state index is 13.4. The molecule has 0 saturated heterocycles. The molecule has 1 aliphatic heterocycles. The minimum Gasteiger partial charge on any atom is -0.350 e. The van der Waals surface area contributed by atoms with E-state index in [0.717, 1.165) is 27.9 Å². The molecule has 0 saturated carbocycles. The molecule has 0 radical (unpaired) electrons. The van der Waals surface area contributed by atoms with Crippen LogP contribution in [0.15, 0.2) is 78.5 Å². The standard InChI is InChI=1S/C25H22N2O2/c1-16-8-7-11-21(14-16)27-24(28)22(19-13-12-17(2)18(3)15-19)23(25(27)29)26-20-9-5-4-6-10-20/h4-15,26H,1-3H3. The number of amides is 2. The van der Waals surface area contributed by atoms with Gasteiger partial charge in [-0.05, 0) is 67.3 Å². The van der Waals surface area contributed by atoms with Gasteiger partial charge in [0.15, 0.2) is 0 Å². The third-order valence-corrected chi connectivity index (χ3v) is 5.18. The zero-order valence-electron chi connectivity index (χ0n) is 16.7. The fraction of sp³-hybridized carbons (Fsp3) is 0.120. The number of para-hydroxylation sites is 1. The Bertz CT molecular complexity index is 1150. The van der Waals surface area contributed by atoms with Crippen LogP contribution in [0.2, 0.25) is 0 Å². The number of nitrogens with one attached hydrogen (secondary N) is 1. The number of benzene rings is 3. The maximum Gasteiger partial charge on any atom is 0.282 e. The molecule has 1 aliphatic rings. The second kappa shape index (κ2) is 7.40. The molecule has 1 N–H and O–H groups in total. The van der Waals surface area contributed by atoms with Crippen molar-refractivity contribution in [3.8, 4) is 0 Å². The Kier molecular flexibility index (Phi) is 4.77. The highest BCUT2D eigenvalue weighted by Gasteiger charge is 2.40. The van der Waals surface area contributed by atoms with Gasteiger partial charge in [-0.15, -0.1) is 0 Å². The molecule has 0 bridgehead atoms. The van der Waals surface area contributed by atoms with Crippen molar-refractivity contribution in [3.63, 3.8) is 0 Å². The molecular weight excluding hydrogens is 360 g/mol. The van der Waals surface area contributed by atoms with E-state index in [1.54, 1.807) is 6.07 Å². The Balaban J connectivity index is 1.85. The Labute approximate surface area is 170 Å². The van der Waals surface area contributed by atoms with Crippen molar-refractivity contribution in [1.82, 2.24) is 0 Å². The highest BCUT2D eigenvalue weighted by molar-refractivity contribution is 6.46. The zero-order valence-corrected chi connectivity index (χ0v) is 16.7. The number of hydrogen-bond donors (Lipinski definition) is 1. The molecule has 1 heterocycles. The molecule has 3 aromatic carbocycles. The molecule has 0 atom stereocenters. The van der Waals surface area contributed by atoms with Gasteiger partial charge in [0.2, 0.25) is 0 Å². The summed E-state index contributed by atoms with van der Waals surface area (Å²) >= 11 is 0. The van der Waals surface area contributed by atoms with Crippen LogP contribution in [0.5, 0.6) is 0 Å². The van der Waals surface area contributed by atoms with Crippen LogP contribution in [-0.2, 0) is 9.59 Å². The summed E-state index contributed by atoms with van der Waals surface area (Å²) < 4.78 is 0. The predicted molar refractivity (Wildman–Crippen MR) is 117 cm³/mol. The van der Waals surface area contributed by atoms with Crippen LogP contribution in [-0.4, -0.2) is 11.8 Å². The first-order valence-corrected chi connectivity index (χ1v) is 9.55. The molecule has 3 aromatic rings. The first-order valence-electron chi connectivity index (χ1n) is 9.55. The Morgan fingerprint density at radius 2 is 1.48 bits per heavy atom. The van der Waals surface area contributed by atoms with Gasteiger partial charge in [-0.2, -0.15) is 0 Å². The van der Waals surface area contributed by atoms with E-state index in [1.165, 1.54) is 4.90 Å². The molecule has 4 rings (SSSR count). The number of carbonyl (C=O) groups is 2. The predicted octanol–water partition coefficient (Wildman–Crippen LogP) is 5.01. The van der Waals surface area contributed by atoms with E-state index >= 15 is 0 Å². The van der Waals surface area contributed by atoms with Gasteiger partial charge >= 0.3 is 0 Å². The van der Waals surface area contributed by atoms with Crippen molar-refractivity contribution >= 4 is 28.8 Å². The Morgan fingerprint density at radius 3 is 2.17 bits per heavy atom. The van der Waals surface area contributed by atoms with Crippen molar-refractivity contribution in [3.05, 3.63) is 101 Å². The fourth-order valence-corrected chi connectivity index (χ4v) is 3.48. The first-order chi connectivity index (χ1) is 14.0. The Morgan fingerprint density at radius 1 is 0.724 bits per heavy atom. The largest absolute Gasteiger partial charge is 0.350 e. The van der Waals surface area contributed by atoms with E-state index in [0.29, 0.717) is 17.0 Å². The van der Waals surface area contributed by atoms with E-state index < -0.39 is 0 Å². The summed E-state index contributed by atoms with van der Waals surface area (Å²) in [6, 6.07) is 22.7. The summed E-state index contributed by atoms with van der Waals surface area (Å²) in [7, 11) is 0. The van der Waals surface area contributed by atoms with Gasteiger partial charge in [0.05, 0.1) is 11.3 Å². The van der Waals surface area contributed by atoms with Crippen LogP contribution >= 0.6 is 0 Å². The minimum absolute atomic E-state index is 0.297. The number of imide groups is 1. The average Bonchev–Trinajstić information content (AvgIpc) is 2.95. The van der Waals surface area contributed by atoms with Crippen LogP contribution < -0.4 is 10.2 Å². The van der Waals surface area contributed by atoms with E-state index in [1.807, 2.05) is 87.5 Å². The van der Waals surface area contributed by atoms with Crippen molar-refractivity contribution < 1.29 is 9.59 Å². The third kappa shape index (κ3) is 3.45. The summed E-state index contributed by atoms with van der Waals surface area (Å²) in [6.45, 7) is 5.97. The summed E-state index contributed by atoms with van der Waals surface area (Å²) in [5, 5.41) is 3.19. The van der Waals surface area contributed by atoms with E-state index in [2.05, 4.69) is 5.32 Å². The molecule has 4 nitrogen and oxygen atoms in total. The number of rotatable bonds is 4. The third-order valence-electron chi connectivity index (χ3n) is 5.18. The van der Waals surface area contributed by atoms with Crippen molar-refractivity contribution in [2.24, 2.45) is 0 Å². The van der Waals surface area contributed by atoms with Gasteiger partial charge in [0, 0.05) is 5.69 Å². The number of nitrogens with zero attached hydrogens (tertiary/aromatic N) is 1. The smallest absolute Gasteiger partial charge is 0.282 e. The summed E-state index contributed by atoms with van der Waals surface area (Å²) in [5.74, 6) is -0.667. The van der Waals surface area contributed by atoms with Crippen LogP contribution in [0.3, 0.4) is 0 Å². The van der Waals surface area contributed by atoms with Gasteiger partial charge in [-0.25, -0.2) is 4.90 Å². The van der Waals surface area contributed by atoms with Crippen LogP contribution in [0.4, 0.5) is 11.4 Å². The van der Waals surface area contributed by atoms with Gasteiger partial charge in [-0.1, -0.05) is 48.5 Å². The molecule has 0 aliphatic carbocycles. The molecule has 2 amide bonds. The minimum atomic E-state index is -0.349. The highest BCUT2D eigenvalue weighted by atomic mass is 16.2. The Hall–Kier alpha value is -3.66. The molecule has 29 heavy (non-hydrogen) atoms. The molecule has 0 unspecified atom stereocenters. The second-order valence-electron chi connectivity index (χ2n) is 7.32. The number of carbonyl (C=O) groups excluding carboxylic acids is 2. The second-order valence-corrected chi connectivity index (χ2v) is 7.32. The SMILES string of the molecule is Cc1cccc(N2C(=O)C(Nc3ccccc3)=C(c3ccc(C)c(C)c3)C2=O)c1. The van der Waals surface area contributed by atoms with E-state index in [4.69, 9.17) is 0 Å². The lowest BCUT2D eigenvalue weighted by atomic mass is 9.99. The van der Waals surface area contributed by atoms with Crippen molar-refractivity contribution in [2.75, 3.05) is 10.2 Å². The zero-order chi connectivity index (χ0) is 20.5. The summed E-state index contributed by atoms with van der Waals surface area (Å²) in [6.07, 6.45) is 0. The summed E-state index contributed by atoms with van der Waals surface area (Å²) in [5.41, 5.74) is 5.96. The highest BCUT2D eigenvalue weighted by Crippen LogP contribution is 2.34. The van der Waals surface area contributed by atoms with Crippen LogP contribution in [0.1, 0.15) is 22.3 Å². The monoisotopic (exact) mass is 382 g/mol. The van der Waals surface area contributed by atoms with Gasteiger partial charge in [0.25, 0.3) is 11.8 Å². The molecule has 144 valence electrons. The van der Waals surface area contributed by atoms with Crippen LogP contribution in [0, 0.1) is 20.8 Å². The maximum absolute atomic E-state index is 13.4. The number of hydrogen-bond acceptors (Lipinski definition) is 3. The molecule has 0 fully saturated rings. The fourth-order valence-electron chi connectivity index (χ4n) is 3.48. The lowest BCUT2D eigenvalue weighted by molar-refractivity contribution is -0.120. The quantitative estimate of drug-likeness (QED) is 0.646. The lowest BCUT2D eigenvalue weighted by Gasteiger charge is -2.16. The lowest BCUT2D eigenvalue weighted by Crippen LogP contribution is -2.32. The number of anilines is 2. The molecule has 4 heteroatoms. The van der Waals surface area contributed by atoms with E-state index in [-0.39, 0.29) is 11.8 Å². The normalized spacial score (nSPS) is 14.0. The first kappa shape index (κ1) is 18.7. The molecule has 0 aromatic heterocycles. The summed E-state index contributed by atoms with van der Waals surface area (Å²) in [4.78, 5) is 28.0. The van der Waals surface area contributed by atoms with Gasteiger partial charge < -0.3 is 5.32 Å². The average molecular weight is 382 g/mol.